The number of amides is 2. The molecule has 1 saturated heterocycles. The Labute approximate surface area is 160 Å². The molecule has 0 spiro atoms. The Bertz CT molecular complexity index is 774. The van der Waals surface area contributed by atoms with Crippen LogP contribution in [0.1, 0.15) is 24.7 Å². The van der Waals surface area contributed by atoms with E-state index >= 15 is 0 Å². The average molecular weight is 369 g/mol. The molecule has 0 unspecified atom stereocenters. The molecule has 2 aromatic rings. The van der Waals surface area contributed by atoms with Crippen LogP contribution >= 0.6 is 0 Å². The molecule has 0 aliphatic carbocycles. The highest BCUT2D eigenvalue weighted by molar-refractivity contribution is 5.88. The minimum Gasteiger partial charge on any atom is -0.353 e. The molecule has 7 nitrogen and oxygen atoms in total. The monoisotopic (exact) mass is 369 g/mol. The van der Waals surface area contributed by atoms with Gasteiger partial charge in [-0.1, -0.05) is 30.3 Å². The minimum atomic E-state index is -0.443. The van der Waals surface area contributed by atoms with Crippen LogP contribution in [0.3, 0.4) is 0 Å². The number of carbonyl (C=O) groups is 2. The van der Waals surface area contributed by atoms with Gasteiger partial charge >= 0.3 is 0 Å². The fourth-order valence-corrected chi connectivity index (χ4v) is 3.38. The maximum absolute atomic E-state index is 12.9. The van der Waals surface area contributed by atoms with Crippen molar-refractivity contribution in [1.29, 1.82) is 0 Å². The summed E-state index contributed by atoms with van der Waals surface area (Å²) in [5.74, 6) is 0.735. The number of hydrogen-bond acceptors (Lipinski definition) is 4. The molecule has 1 aromatic heterocycles. The summed E-state index contributed by atoms with van der Waals surface area (Å²) in [5.41, 5.74) is 1.14. The predicted octanol–water partition coefficient (Wildman–Crippen LogP) is 1.16. The zero-order valence-electron chi connectivity index (χ0n) is 16.0. The minimum absolute atomic E-state index is 0.0272. The van der Waals surface area contributed by atoms with Crippen molar-refractivity contribution in [3.63, 3.8) is 0 Å². The van der Waals surface area contributed by atoms with Gasteiger partial charge in [0.15, 0.2) is 0 Å². The standard InChI is InChI=1S/C20H27N5O2/c1-3-24(15-18-21-9-11-23(18)2)19(26)13-17-20(27)22-10-12-25(17)14-16-7-5-4-6-8-16/h4-9,11,17H,3,10,12-15H2,1-2H3,(H,22,27)/t17-/m0/s1. The number of nitrogens with zero attached hydrogens (tertiary/aromatic N) is 4. The van der Waals surface area contributed by atoms with Crippen LogP contribution in [-0.2, 0) is 29.7 Å². The lowest BCUT2D eigenvalue weighted by atomic mass is 10.1. The van der Waals surface area contributed by atoms with Crippen molar-refractivity contribution in [2.24, 2.45) is 7.05 Å². The normalized spacial score (nSPS) is 17.6. The lowest BCUT2D eigenvalue weighted by molar-refractivity contribution is -0.139. The van der Waals surface area contributed by atoms with E-state index < -0.39 is 6.04 Å². The van der Waals surface area contributed by atoms with Gasteiger partial charge in [0.25, 0.3) is 0 Å². The highest BCUT2D eigenvalue weighted by Gasteiger charge is 2.32. The van der Waals surface area contributed by atoms with Gasteiger partial charge in [-0.2, -0.15) is 0 Å². The van der Waals surface area contributed by atoms with Crippen LogP contribution < -0.4 is 5.32 Å². The van der Waals surface area contributed by atoms with Crippen molar-refractivity contribution < 1.29 is 9.59 Å². The van der Waals surface area contributed by atoms with Crippen molar-refractivity contribution in [3.05, 3.63) is 54.1 Å². The number of rotatable bonds is 7. The van der Waals surface area contributed by atoms with Crippen molar-refractivity contribution in [2.45, 2.75) is 32.5 Å². The van der Waals surface area contributed by atoms with Gasteiger partial charge in [0.05, 0.1) is 19.0 Å². The fraction of sp³-hybridized carbons (Fsp3) is 0.450. The molecule has 0 bridgehead atoms. The Kier molecular flexibility index (Phi) is 6.24. The molecule has 2 amide bonds. The number of imidazole rings is 1. The highest BCUT2D eigenvalue weighted by atomic mass is 16.2. The smallest absolute Gasteiger partial charge is 0.237 e. The molecule has 1 fully saturated rings. The molecule has 1 N–H and O–H groups in total. The zero-order valence-corrected chi connectivity index (χ0v) is 16.0. The third kappa shape index (κ3) is 4.74. The van der Waals surface area contributed by atoms with Crippen LogP contribution in [0.25, 0.3) is 0 Å². The molecule has 1 aliphatic rings. The summed E-state index contributed by atoms with van der Waals surface area (Å²) < 4.78 is 1.91. The van der Waals surface area contributed by atoms with Crippen LogP contribution in [-0.4, -0.2) is 56.8 Å². The van der Waals surface area contributed by atoms with Gasteiger partial charge in [0.2, 0.25) is 11.8 Å². The van der Waals surface area contributed by atoms with Crippen molar-refractivity contribution >= 4 is 11.8 Å². The van der Waals surface area contributed by atoms with Gasteiger partial charge in [-0.15, -0.1) is 0 Å². The Morgan fingerprint density at radius 1 is 1.33 bits per heavy atom. The van der Waals surface area contributed by atoms with Crippen LogP contribution in [0.2, 0.25) is 0 Å². The number of nitrogens with one attached hydrogen (secondary N) is 1. The number of carbonyl (C=O) groups excluding carboxylic acids is 2. The van der Waals surface area contributed by atoms with E-state index in [0.29, 0.717) is 26.2 Å². The number of hydrogen-bond donors (Lipinski definition) is 1. The van der Waals surface area contributed by atoms with Gasteiger partial charge in [0.1, 0.15) is 5.82 Å². The Morgan fingerprint density at radius 2 is 2.11 bits per heavy atom. The van der Waals surface area contributed by atoms with Crippen molar-refractivity contribution in [2.75, 3.05) is 19.6 Å². The molecule has 1 aromatic carbocycles. The van der Waals surface area contributed by atoms with Crippen LogP contribution in [0.4, 0.5) is 0 Å². The summed E-state index contributed by atoms with van der Waals surface area (Å²) in [6.45, 7) is 5.00. The predicted molar refractivity (Wildman–Crippen MR) is 103 cm³/mol. The van der Waals surface area contributed by atoms with E-state index in [9.17, 15) is 9.59 Å². The summed E-state index contributed by atoms with van der Waals surface area (Å²) in [6.07, 6.45) is 3.77. The van der Waals surface area contributed by atoms with E-state index in [-0.39, 0.29) is 18.2 Å². The molecule has 144 valence electrons. The molecular formula is C20H27N5O2. The van der Waals surface area contributed by atoms with Crippen molar-refractivity contribution in [1.82, 2.24) is 24.7 Å². The van der Waals surface area contributed by atoms with Crippen LogP contribution in [0.5, 0.6) is 0 Å². The van der Waals surface area contributed by atoms with Crippen molar-refractivity contribution in [3.8, 4) is 0 Å². The largest absolute Gasteiger partial charge is 0.353 e. The second-order valence-corrected chi connectivity index (χ2v) is 6.83. The van der Waals surface area contributed by atoms with E-state index in [4.69, 9.17) is 0 Å². The maximum atomic E-state index is 12.9. The summed E-state index contributed by atoms with van der Waals surface area (Å²) in [7, 11) is 1.91. The van der Waals surface area contributed by atoms with Gasteiger partial charge < -0.3 is 14.8 Å². The third-order valence-electron chi connectivity index (χ3n) is 5.03. The van der Waals surface area contributed by atoms with E-state index in [1.54, 1.807) is 11.1 Å². The first-order chi connectivity index (χ1) is 13.1. The summed E-state index contributed by atoms with van der Waals surface area (Å²) >= 11 is 0. The third-order valence-corrected chi connectivity index (χ3v) is 5.03. The Morgan fingerprint density at radius 3 is 2.78 bits per heavy atom. The number of aryl methyl sites for hydroxylation is 1. The van der Waals surface area contributed by atoms with E-state index in [1.165, 1.54) is 0 Å². The number of piperazine rings is 1. The SMILES string of the molecule is CCN(Cc1nccn1C)C(=O)C[C@H]1C(=O)NCCN1Cc1ccccc1. The molecule has 3 rings (SSSR count). The second kappa shape index (κ2) is 8.81. The highest BCUT2D eigenvalue weighted by Crippen LogP contribution is 2.16. The van der Waals surface area contributed by atoms with E-state index in [0.717, 1.165) is 17.9 Å². The van der Waals surface area contributed by atoms with E-state index in [2.05, 4.69) is 15.2 Å². The molecule has 1 atom stereocenters. The first kappa shape index (κ1) is 19.1. The van der Waals surface area contributed by atoms with Gasteiger partial charge in [-0.25, -0.2) is 4.98 Å². The van der Waals surface area contributed by atoms with Crippen LogP contribution in [0, 0.1) is 0 Å². The van der Waals surface area contributed by atoms with E-state index in [1.807, 2.05) is 55.1 Å². The van der Waals surface area contributed by atoms with Gasteiger partial charge in [-0.05, 0) is 12.5 Å². The Balaban J connectivity index is 1.68. The molecular weight excluding hydrogens is 342 g/mol. The quantitative estimate of drug-likeness (QED) is 0.795. The zero-order chi connectivity index (χ0) is 19.2. The first-order valence-electron chi connectivity index (χ1n) is 9.38. The van der Waals surface area contributed by atoms with Crippen LogP contribution in [0.15, 0.2) is 42.7 Å². The lowest BCUT2D eigenvalue weighted by Crippen LogP contribution is -2.56. The second-order valence-electron chi connectivity index (χ2n) is 6.83. The topological polar surface area (TPSA) is 70.5 Å². The molecule has 0 radical (unpaired) electrons. The summed E-state index contributed by atoms with van der Waals surface area (Å²) in [4.78, 5) is 33.5. The lowest BCUT2D eigenvalue weighted by Gasteiger charge is -2.35. The summed E-state index contributed by atoms with van der Waals surface area (Å²) in [6, 6.07) is 9.61. The molecule has 0 saturated carbocycles. The Hall–Kier alpha value is -2.67. The fourth-order valence-electron chi connectivity index (χ4n) is 3.38. The summed E-state index contributed by atoms with van der Waals surface area (Å²) in [5, 5.41) is 2.90. The number of benzene rings is 1. The average Bonchev–Trinajstić information content (AvgIpc) is 3.08. The first-order valence-corrected chi connectivity index (χ1v) is 9.38. The van der Waals surface area contributed by atoms with Gasteiger partial charge in [0, 0.05) is 45.6 Å². The maximum Gasteiger partial charge on any atom is 0.237 e. The molecule has 1 aliphatic heterocycles. The van der Waals surface area contributed by atoms with Gasteiger partial charge in [-0.3, -0.25) is 14.5 Å². The molecule has 2 heterocycles. The number of aromatic nitrogens is 2. The molecule has 7 heteroatoms. The molecule has 27 heavy (non-hydrogen) atoms.